The quantitative estimate of drug-likeness (QED) is 0.657. The Kier molecular flexibility index (Phi) is 5.27. The van der Waals surface area contributed by atoms with Crippen molar-refractivity contribution in [2.45, 2.75) is 33.7 Å². The van der Waals surface area contributed by atoms with Gasteiger partial charge in [-0.25, -0.2) is 0 Å². The maximum atomic E-state index is 3.82. The van der Waals surface area contributed by atoms with E-state index in [2.05, 4.69) is 50.4 Å². The van der Waals surface area contributed by atoms with Gasteiger partial charge in [0.25, 0.3) is 0 Å². The van der Waals surface area contributed by atoms with Gasteiger partial charge in [-0.2, -0.15) is 0 Å². The Hall–Kier alpha value is -1.08. The van der Waals surface area contributed by atoms with Crippen LogP contribution in [0.25, 0.3) is 0 Å². The van der Waals surface area contributed by atoms with Crippen molar-refractivity contribution in [3.63, 3.8) is 0 Å². The highest BCUT2D eigenvalue weighted by atomic mass is 15.1. The van der Waals surface area contributed by atoms with Crippen molar-refractivity contribution >= 4 is 0 Å². The summed E-state index contributed by atoms with van der Waals surface area (Å²) in [7, 11) is 0. The molecule has 0 saturated carbocycles. The number of hydrogen-bond donors (Lipinski definition) is 0. The maximum absolute atomic E-state index is 3.82. The fourth-order valence-corrected chi connectivity index (χ4v) is 1.95. The molecule has 0 aliphatic rings. The predicted octanol–water partition coefficient (Wildman–Crippen LogP) is 3.70. The van der Waals surface area contributed by atoms with E-state index in [0.29, 0.717) is 0 Å². The van der Waals surface area contributed by atoms with Gasteiger partial charge in [-0.05, 0) is 37.9 Å². The molecule has 88 valence electrons. The minimum absolute atomic E-state index is 0.973. The molecule has 0 aliphatic carbocycles. The molecule has 1 aromatic carbocycles. The van der Waals surface area contributed by atoms with Crippen molar-refractivity contribution < 1.29 is 0 Å². The second-order valence-electron chi connectivity index (χ2n) is 4.45. The fraction of sp³-hybridized carbons (Fsp3) is 0.467. The van der Waals surface area contributed by atoms with Crippen LogP contribution in [0.2, 0.25) is 0 Å². The van der Waals surface area contributed by atoms with E-state index >= 15 is 0 Å². The minimum Gasteiger partial charge on any atom is -0.295 e. The maximum Gasteiger partial charge on any atom is 0.0239 e. The lowest BCUT2D eigenvalue weighted by Gasteiger charge is -2.21. The molecule has 0 bridgehead atoms. The van der Waals surface area contributed by atoms with Gasteiger partial charge in [0, 0.05) is 13.1 Å². The van der Waals surface area contributed by atoms with Gasteiger partial charge in [0.15, 0.2) is 0 Å². The largest absolute Gasteiger partial charge is 0.295 e. The summed E-state index contributed by atoms with van der Waals surface area (Å²) in [6.07, 6.45) is 3.18. The zero-order valence-electron chi connectivity index (χ0n) is 10.8. The first-order valence-electron chi connectivity index (χ1n) is 6.06. The summed E-state index contributed by atoms with van der Waals surface area (Å²) in [5, 5.41) is 0. The van der Waals surface area contributed by atoms with Crippen LogP contribution in [0.1, 0.15) is 30.0 Å². The van der Waals surface area contributed by atoms with Crippen molar-refractivity contribution in [3.05, 3.63) is 47.5 Å². The van der Waals surface area contributed by atoms with E-state index in [1.807, 2.05) is 6.08 Å². The van der Waals surface area contributed by atoms with E-state index in [-0.39, 0.29) is 0 Å². The van der Waals surface area contributed by atoms with Crippen LogP contribution in [0, 0.1) is 13.8 Å². The Bertz CT molecular complexity index is 341. The third-order valence-corrected chi connectivity index (χ3v) is 2.83. The lowest BCUT2D eigenvalue weighted by molar-refractivity contribution is 0.294. The Morgan fingerprint density at radius 3 is 2.69 bits per heavy atom. The van der Waals surface area contributed by atoms with Crippen molar-refractivity contribution in [2.24, 2.45) is 0 Å². The molecule has 1 aromatic rings. The average molecular weight is 217 g/mol. The zero-order valence-corrected chi connectivity index (χ0v) is 10.8. The molecule has 0 fully saturated rings. The van der Waals surface area contributed by atoms with Gasteiger partial charge in [-0.15, -0.1) is 6.58 Å². The van der Waals surface area contributed by atoms with Crippen LogP contribution in [-0.2, 0) is 6.54 Å². The highest BCUT2D eigenvalue weighted by molar-refractivity contribution is 5.30. The molecule has 0 aromatic heterocycles. The molecular weight excluding hydrogens is 194 g/mol. The molecule has 0 atom stereocenters. The molecule has 0 amide bonds. The van der Waals surface area contributed by atoms with Gasteiger partial charge in [-0.3, -0.25) is 4.90 Å². The van der Waals surface area contributed by atoms with Crippen LogP contribution < -0.4 is 0 Å². The normalized spacial score (nSPS) is 10.8. The summed E-state index contributed by atoms with van der Waals surface area (Å²) in [4.78, 5) is 2.44. The van der Waals surface area contributed by atoms with E-state index < -0.39 is 0 Å². The van der Waals surface area contributed by atoms with Crippen LogP contribution in [-0.4, -0.2) is 18.0 Å². The second-order valence-corrected chi connectivity index (χ2v) is 4.45. The summed E-state index contributed by atoms with van der Waals surface area (Å²) >= 11 is 0. The molecule has 0 unspecified atom stereocenters. The molecule has 1 nitrogen and oxygen atoms in total. The molecule has 1 rings (SSSR count). The number of nitrogens with zero attached hydrogens (tertiary/aromatic N) is 1. The van der Waals surface area contributed by atoms with Gasteiger partial charge in [0.1, 0.15) is 0 Å². The number of benzene rings is 1. The van der Waals surface area contributed by atoms with E-state index in [1.165, 1.54) is 23.1 Å². The first-order chi connectivity index (χ1) is 7.67. The predicted molar refractivity (Wildman–Crippen MR) is 71.7 cm³/mol. The fourth-order valence-electron chi connectivity index (χ4n) is 1.95. The summed E-state index contributed by atoms with van der Waals surface area (Å²) in [6, 6.07) is 6.68. The van der Waals surface area contributed by atoms with Crippen molar-refractivity contribution in [1.29, 1.82) is 0 Å². The molecule has 0 N–H and O–H groups in total. The van der Waals surface area contributed by atoms with Crippen molar-refractivity contribution in [1.82, 2.24) is 4.90 Å². The monoisotopic (exact) mass is 217 g/mol. The highest BCUT2D eigenvalue weighted by Gasteiger charge is 2.05. The first kappa shape index (κ1) is 13.0. The highest BCUT2D eigenvalue weighted by Crippen LogP contribution is 2.13. The third-order valence-electron chi connectivity index (χ3n) is 2.83. The topological polar surface area (TPSA) is 3.24 Å². The Labute approximate surface area is 99.8 Å². The molecular formula is C15H23N. The lowest BCUT2D eigenvalue weighted by Crippen LogP contribution is -2.24. The number of rotatable bonds is 6. The first-order valence-corrected chi connectivity index (χ1v) is 6.06. The standard InChI is InChI=1S/C15H23N/c1-5-9-16(10-6-2)12-15-11-13(3)7-8-14(15)4/h5,7-8,11H,1,6,9-10,12H2,2-4H3. The number of hydrogen-bond acceptors (Lipinski definition) is 1. The molecule has 0 spiro atoms. The van der Waals surface area contributed by atoms with Gasteiger partial charge in [-0.1, -0.05) is 36.8 Å². The Morgan fingerprint density at radius 2 is 2.06 bits per heavy atom. The van der Waals surface area contributed by atoms with Crippen LogP contribution in [0.5, 0.6) is 0 Å². The molecule has 0 saturated heterocycles. The van der Waals surface area contributed by atoms with E-state index in [4.69, 9.17) is 0 Å². The molecule has 1 heteroatoms. The smallest absolute Gasteiger partial charge is 0.0239 e. The van der Waals surface area contributed by atoms with Crippen LogP contribution >= 0.6 is 0 Å². The second kappa shape index (κ2) is 6.49. The summed E-state index contributed by atoms with van der Waals surface area (Å²) in [6.45, 7) is 13.5. The Balaban J connectivity index is 2.75. The average Bonchev–Trinajstić information content (AvgIpc) is 2.24. The van der Waals surface area contributed by atoms with Crippen LogP contribution in [0.3, 0.4) is 0 Å². The van der Waals surface area contributed by atoms with E-state index in [0.717, 1.165) is 19.6 Å². The Morgan fingerprint density at radius 1 is 1.31 bits per heavy atom. The molecule has 0 aliphatic heterocycles. The van der Waals surface area contributed by atoms with Gasteiger partial charge >= 0.3 is 0 Å². The van der Waals surface area contributed by atoms with E-state index in [9.17, 15) is 0 Å². The van der Waals surface area contributed by atoms with Crippen molar-refractivity contribution in [3.8, 4) is 0 Å². The van der Waals surface area contributed by atoms with Crippen molar-refractivity contribution in [2.75, 3.05) is 13.1 Å². The van der Waals surface area contributed by atoms with Gasteiger partial charge in [0.05, 0.1) is 0 Å². The minimum atomic E-state index is 0.973. The van der Waals surface area contributed by atoms with Crippen LogP contribution in [0.15, 0.2) is 30.9 Å². The lowest BCUT2D eigenvalue weighted by atomic mass is 10.1. The summed E-state index contributed by atoms with van der Waals surface area (Å²) < 4.78 is 0. The third kappa shape index (κ3) is 3.82. The molecule has 0 heterocycles. The SMILES string of the molecule is C=CCN(CCC)Cc1cc(C)ccc1C. The zero-order chi connectivity index (χ0) is 12.0. The van der Waals surface area contributed by atoms with E-state index in [1.54, 1.807) is 0 Å². The van der Waals surface area contributed by atoms with Crippen LogP contribution in [0.4, 0.5) is 0 Å². The van der Waals surface area contributed by atoms with Gasteiger partial charge in [0.2, 0.25) is 0 Å². The summed E-state index contributed by atoms with van der Waals surface area (Å²) in [5.74, 6) is 0. The molecule has 0 radical (unpaired) electrons. The van der Waals surface area contributed by atoms with Gasteiger partial charge < -0.3 is 0 Å². The summed E-state index contributed by atoms with van der Waals surface area (Å²) in [5.41, 5.74) is 4.17. The molecule has 16 heavy (non-hydrogen) atoms. The number of aryl methyl sites for hydroxylation is 2.